The van der Waals surface area contributed by atoms with Crippen molar-refractivity contribution in [3.05, 3.63) is 47.3 Å². The third-order valence-corrected chi connectivity index (χ3v) is 3.05. The molecule has 0 saturated carbocycles. The van der Waals surface area contributed by atoms with Gasteiger partial charge in [-0.15, -0.1) is 0 Å². The zero-order valence-corrected chi connectivity index (χ0v) is 11.8. The van der Waals surface area contributed by atoms with Crippen LogP contribution in [-0.2, 0) is 13.0 Å². The molecule has 0 aliphatic heterocycles. The highest BCUT2D eigenvalue weighted by Crippen LogP contribution is 2.12. The first-order valence-electron chi connectivity index (χ1n) is 6.69. The Morgan fingerprint density at radius 2 is 2.05 bits per heavy atom. The van der Waals surface area contributed by atoms with E-state index >= 15 is 0 Å². The topological polar surface area (TPSA) is 67.2 Å². The molecule has 5 heteroatoms. The number of hydrogen-bond donors (Lipinski definition) is 2. The van der Waals surface area contributed by atoms with Crippen LogP contribution in [0.2, 0.25) is 0 Å². The van der Waals surface area contributed by atoms with Gasteiger partial charge >= 0.3 is 0 Å². The average molecular weight is 273 g/mol. The van der Waals surface area contributed by atoms with E-state index < -0.39 is 0 Å². The highest BCUT2D eigenvalue weighted by atomic mass is 16.3. The molecule has 0 radical (unpaired) electrons. The molecule has 0 fully saturated rings. The van der Waals surface area contributed by atoms with Gasteiger partial charge < -0.3 is 10.4 Å². The molecule has 0 saturated heterocycles. The molecular formula is C15H19N3O2. The van der Waals surface area contributed by atoms with Crippen LogP contribution in [0.1, 0.15) is 28.7 Å². The van der Waals surface area contributed by atoms with Crippen LogP contribution in [0.3, 0.4) is 0 Å². The molecule has 1 aromatic carbocycles. The van der Waals surface area contributed by atoms with E-state index in [0.29, 0.717) is 18.7 Å². The Bertz CT molecular complexity index is 588. The number of benzene rings is 1. The minimum Gasteiger partial charge on any atom is -0.396 e. The van der Waals surface area contributed by atoms with Crippen molar-refractivity contribution in [2.45, 2.75) is 26.8 Å². The van der Waals surface area contributed by atoms with Gasteiger partial charge in [0.2, 0.25) is 0 Å². The molecule has 0 spiro atoms. The number of rotatable bonds is 5. The Hall–Kier alpha value is -2.14. The number of amides is 1. The summed E-state index contributed by atoms with van der Waals surface area (Å²) in [6, 6.07) is 9.24. The summed E-state index contributed by atoms with van der Waals surface area (Å²) >= 11 is 0. The van der Waals surface area contributed by atoms with Gasteiger partial charge in [-0.3, -0.25) is 9.48 Å². The monoisotopic (exact) mass is 273 g/mol. The van der Waals surface area contributed by atoms with Crippen molar-refractivity contribution in [2.75, 3.05) is 11.9 Å². The SMILES string of the molecule is CCn1nc(C)cc1C(=O)Nc1ccc(CCO)cc1. The average Bonchev–Trinajstić information content (AvgIpc) is 2.82. The number of aliphatic hydroxyl groups excluding tert-OH is 1. The summed E-state index contributed by atoms with van der Waals surface area (Å²) in [5, 5.41) is 16.0. The molecular weight excluding hydrogens is 254 g/mol. The molecule has 0 unspecified atom stereocenters. The third-order valence-electron chi connectivity index (χ3n) is 3.05. The van der Waals surface area contributed by atoms with Crippen LogP contribution in [0.15, 0.2) is 30.3 Å². The first-order chi connectivity index (χ1) is 9.63. The van der Waals surface area contributed by atoms with E-state index in [2.05, 4.69) is 10.4 Å². The van der Waals surface area contributed by atoms with Crippen LogP contribution in [0.5, 0.6) is 0 Å². The second kappa shape index (κ2) is 6.34. The first kappa shape index (κ1) is 14.3. The van der Waals surface area contributed by atoms with Crippen molar-refractivity contribution in [1.82, 2.24) is 9.78 Å². The predicted octanol–water partition coefficient (Wildman–Crippen LogP) is 2.00. The first-order valence-corrected chi connectivity index (χ1v) is 6.69. The highest BCUT2D eigenvalue weighted by Gasteiger charge is 2.13. The number of aryl methyl sites for hydroxylation is 2. The molecule has 2 aromatic rings. The zero-order chi connectivity index (χ0) is 14.5. The second-order valence-corrected chi connectivity index (χ2v) is 4.61. The molecule has 1 aromatic heterocycles. The van der Waals surface area contributed by atoms with Gasteiger partial charge in [-0.05, 0) is 44.0 Å². The smallest absolute Gasteiger partial charge is 0.273 e. The lowest BCUT2D eigenvalue weighted by molar-refractivity contribution is 0.101. The van der Waals surface area contributed by atoms with E-state index in [1.165, 1.54) is 0 Å². The Morgan fingerprint density at radius 1 is 1.35 bits per heavy atom. The number of aliphatic hydroxyl groups is 1. The third kappa shape index (κ3) is 3.24. The number of carbonyl (C=O) groups is 1. The van der Waals surface area contributed by atoms with Crippen molar-refractivity contribution >= 4 is 11.6 Å². The van der Waals surface area contributed by atoms with E-state index in [9.17, 15) is 4.79 Å². The highest BCUT2D eigenvalue weighted by molar-refractivity contribution is 6.03. The van der Waals surface area contributed by atoms with Crippen molar-refractivity contribution in [3.63, 3.8) is 0 Å². The van der Waals surface area contributed by atoms with Crippen LogP contribution in [0, 0.1) is 6.92 Å². The minimum atomic E-state index is -0.164. The summed E-state index contributed by atoms with van der Waals surface area (Å²) in [7, 11) is 0. The molecule has 1 heterocycles. The van der Waals surface area contributed by atoms with E-state index in [4.69, 9.17) is 5.11 Å². The summed E-state index contributed by atoms with van der Waals surface area (Å²) < 4.78 is 1.69. The molecule has 20 heavy (non-hydrogen) atoms. The minimum absolute atomic E-state index is 0.126. The molecule has 0 aliphatic rings. The molecule has 0 aliphatic carbocycles. The Balaban J connectivity index is 2.10. The number of anilines is 1. The van der Waals surface area contributed by atoms with Crippen molar-refractivity contribution in [2.24, 2.45) is 0 Å². The number of carbonyl (C=O) groups excluding carboxylic acids is 1. The standard InChI is InChI=1S/C15H19N3O2/c1-3-18-14(10-11(2)17-18)15(20)16-13-6-4-12(5-7-13)8-9-19/h4-7,10,19H,3,8-9H2,1-2H3,(H,16,20). The van der Waals surface area contributed by atoms with Crippen LogP contribution in [-0.4, -0.2) is 27.4 Å². The van der Waals surface area contributed by atoms with Gasteiger partial charge in [0.05, 0.1) is 5.69 Å². The summed E-state index contributed by atoms with van der Waals surface area (Å²) in [4.78, 5) is 12.2. The molecule has 2 rings (SSSR count). The lowest BCUT2D eigenvalue weighted by atomic mass is 10.1. The van der Waals surface area contributed by atoms with Gasteiger partial charge in [-0.2, -0.15) is 5.10 Å². The number of hydrogen-bond acceptors (Lipinski definition) is 3. The van der Waals surface area contributed by atoms with E-state index in [-0.39, 0.29) is 12.5 Å². The molecule has 5 nitrogen and oxygen atoms in total. The number of nitrogens with zero attached hydrogens (tertiary/aromatic N) is 2. The molecule has 0 atom stereocenters. The van der Waals surface area contributed by atoms with E-state index in [0.717, 1.165) is 16.9 Å². The van der Waals surface area contributed by atoms with Gasteiger partial charge in [-0.25, -0.2) is 0 Å². The van der Waals surface area contributed by atoms with Gasteiger partial charge in [-0.1, -0.05) is 12.1 Å². The maximum atomic E-state index is 12.2. The molecule has 2 N–H and O–H groups in total. The van der Waals surface area contributed by atoms with Crippen molar-refractivity contribution in [3.8, 4) is 0 Å². The summed E-state index contributed by atoms with van der Waals surface area (Å²) in [6.45, 7) is 4.60. The maximum Gasteiger partial charge on any atom is 0.273 e. The predicted molar refractivity (Wildman–Crippen MR) is 77.8 cm³/mol. The zero-order valence-electron chi connectivity index (χ0n) is 11.8. The van der Waals surface area contributed by atoms with Gasteiger partial charge in [0.25, 0.3) is 5.91 Å². The summed E-state index contributed by atoms with van der Waals surface area (Å²) in [5.74, 6) is -0.164. The molecule has 0 bridgehead atoms. The van der Waals surface area contributed by atoms with Crippen molar-refractivity contribution in [1.29, 1.82) is 0 Å². The lowest BCUT2D eigenvalue weighted by Crippen LogP contribution is -2.17. The maximum absolute atomic E-state index is 12.2. The summed E-state index contributed by atoms with van der Waals surface area (Å²) in [6.07, 6.45) is 0.621. The van der Waals surface area contributed by atoms with Crippen LogP contribution in [0.4, 0.5) is 5.69 Å². The largest absolute Gasteiger partial charge is 0.396 e. The normalized spacial score (nSPS) is 10.6. The number of nitrogens with one attached hydrogen (secondary N) is 1. The lowest BCUT2D eigenvalue weighted by Gasteiger charge is -2.07. The molecule has 106 valence electrons. The second-order valence-electron chi connectivity index (χ2n) is 4.61. The fourth-order valence-electron chi connectivity index (χ4n) is 2.05. The van der Waals surface area contributed by atoms with Crippen molar-refractivity contribution < 1.29 is 9.90 Å². The Morgan fingerprint density at radius 3 is 2.65 bits per heavy atom. The van der Waals surface area contributed by atoms with Gasteiger partial charge in [0, 0.05) is 18.8 Å². The number of aromatic nitrogens is 2. The van der Waals surface area contributed by atoms with E-state index in [1.807, 2.05) is 38.1 Å². The quantitative estimate of drug-likeness (QED) is 0.875. The Labute approximate surface area is 118 Å². The van der Waals surface area contributed by atoms with Crippen LogP contribution >= 0.6 is 0 Å². The van der Waals surface area contributed by atoms with E-state index in [1.54, 1.807) is 10.7 Å². The molecule has 1 amide bonds. The van der Waals surface area contributed by atoms with Gasteiger partial charge in [0.1, 0.15) is 5.69 Å². The summed E-state index contributed by atoms with van der Waals surface area (Å²) in [5.41, 5.74) is 3.16. The van der Waals surface area contributed by atoms with Crippen LogP contribution < -0.4 is 5.32 Å². The fourth-order valence-corrected chi connectivity index (χ4v) is 2.05. The van der Waals surface area contributed by atoms with Crippen LogP contribution in [0.25, 0.3) is 0 Å². The Kier molecular flexibility index (Phi) is 4.53. The van der Waals surface area contributed by atoms with Gasteiger partial charge in [0.15, 0.2) is 0 Å². The fraction of sp³-hybridized carbons (Fsp3) is 0.333.